The first-order chi connectivity index (χ1) is 11.6. The van der Waals surface area contributed by atoms with E-state index in [1.165, 1.54) is 30.6 Å². The monoisotopic (exact) mass is 322 g/mol. The zero-order valence-corrected chi connectivity index (χ0v) is 12.6. The fourth-order valence-corrected chi connectivity index (χ4v) is 2.48. The predicted octanol–water partition coefficient (Wildman–Crippen LogP) is 3.05. The van der Waals surface area contributed by atoms with Crippen LogP contribution in [0.15, 0.2) is 67.3 Å². The molecule has 120 valence electrons. The highest BCUT2D eigenvalue weighted by Gasteiger charge is 2.20. The summed E-state index contributed by atoms with van der Waals surface area (Å²) in [6, 6.07) is 14.9. The maximum atomic E-state index is 12.6. The molecular weight excluding hydrogens is 308 g/mol. The van der Waals surface area contributed by atoms with Gasteiger partial charge in [0.25, 0.3) is 5.69 Å². The zero-order valence-electron chi connectivity index (χ0n) is 12.6. The van der Waals surface area contributed by atoms with Crippen molar-refractivity contribution in [1.82, 2.24) is 14.8 Å². The molecule has 0 saturated heterocycles. The van der Waals surface area contributed by atoms with Crippen molar-refractivity contribution in [1.29, 1.82) is 0 Å². The summed E-state index contributed by atoms with van der Waals surface area (Å²) in [5, 5.41) is 14.8. The molecule has 3 rings (SSSR count). The van der Waals surface area contributed by atoms with Crippen LogP contribution in [0.2, 0.25) is 0 Å². The quantitative estimate of drug-likeness (QED) is 0.395. The second-order valence-electron chi connectivity index (χ2n) is 5.23. The van der Waals surface area contributed by atoms with Crippen LogP contribution in [0.1, 0.15) is 28.4 Å². The normalized spacial score (nSPS) is 11.8. The van der Waals surface area contributed by atoms with E-state index in [1.807, 2.05) is 30.3 Å². The summed E-state index contributed by atoms with van der Waals surface area (Å²) in [6.07, 6.45) is 3.18. The van der Waals surface area contributed by atoms with Crippen LogP contribution in [0.25, 0.3) is 0 Å². The molecule has 0 aliphatic carbocycles. The largest absolute Gasteiger partial charge is 0.294 e. The van der Waals surface area contributed by atoms with Gasteiger partial charge in [0, 0.05) is 24.1 Å². The van der Waals surface area contributed by atoms with Crippen molar-refractivity contribution in [2.24, 2.45) is 0 Å². The van der Waals surface area contributed by atoms with Crippen molar-refractivity contribution >= 4 is 11.5 Å². The minimum Gasteiger partial charge on any atom is -0.294 e. The Morgan fingerprint density at radius 2 is 1.83 bits per heavy atom. The lowest BCUT2D eigenvalue weighted by molar-refractivity contribution is -0.384. The number of nitro groups is 1. The Morgan fingerprint density at radius 3 is 2.42 bits per heavy atom. The van der Waals surface area contributed by atoms with E-state index in [4.69, 9.17) is 0 Å². The smallest absolute Gasteiger partial charge is 0.269 e. The van der Waals surface area contributed by atoms with Gasteiger partial charge in [-0.15, -0.1) is 0 Å². The first-order valence-corrected chi connectivity index (χ1v) is 7.32. The SMILES string of the molecule is O=C(CC(c1ccccc1)n1cncn1)c1ccc([N+](=O)[O-])cc1. The molecular formula is C17H14N4O3. The number of carbonyl (C=O) groups is 1. The molecule has 1 unspecified atom stereocenters. The molecule has 0 saturated carbocycles. The molecule has 24 heavy (non-hydrogen) atoms. The first kappa shape index (κ1) is 15.5. The van der Waals surface area contributed by atoms with Gasteiger partial charge in [0.05, 0.1) is 11.0 Å². The highest BCUT2D eigenvalue weighted by atomic mass is 16.6. The lowest BCUT2D eigenvalue weighted by Gasteiger charge is -2.16. The van der Waals surface area contributed by atoms with Crippen LogP contribution >= 0.6 is 0 Å². The number of aromatic nitrogens is 3. The zero-order chi connectivity index (χ0) is 16.9. The van der Waals surface area contributed by atoms with Crippen molar-refractivity contribution < 1.29 is 9.72 Å². The number of ketones is 1. The Kier molecular flexibility index (Phi) is 4.42. The number of non-ortho nitro benzene ring substituents is 1. The van der Waals surface area contributed by atoms with E-state index in [1.54, 1.807) is 11.0 Å². The molecule has 0 fully saturated rings. The molecule has 0 aliphatic rings. The van der Waals surface area contributed by atoms with Crippen LogP contribution in [0.5, 0.6) is 0 Å². The molecule has 7 heteroatoms. The van der Waals surface area contributed by atoms with Crippen molar-refractivity contribution in [2.75, 3.05) is 0 Å². The number of hydrogen-bond acceptors (Lipinski definition) is 5. The fraction of sp³-hybridized carbons (Fsp3) is 0.118. The van der Waals surface area contributed by atoms with Gasteiger partial charge in [-0.05, 0) is 17.7 Å². The summed E-state index contributed by atoms with van der Waals surface area (Å²) < 4.78 is 1.64. The highest BCUT2D eigenvalue weighted by molar-refractivity contribution is 5.96. The number of nitro benzene ring substituents is 1. The van der Waals surface area contributed by atoms with Gasteiger partial charge in [0.1, 0.15) is 12.7 Å². The molecule has 0 aliphatic heterocycles. The van der Waals surface area contributed by atoms with Crippen molar-refractivity contribution in [3.63, 3.8) is 0 Å². The molecule has 0 amide bonds. The van der Waals surface area contributed by atoms with Gasteiger partial charge in [0.15, 0.2) is 5.78 Å². The summed E-state index contributed by atoms with van der Waals surface area (Å²) in [4.78, 5) is 26.7. The van der Waals surface area contributed by atoms with Gasteiger partial charge in [-0.1, -0.05) is 30.3 Å². The van der Waals surface area contributed by atoms with Crippen LogP contribution in [0, 0.1) is 10.1 Å². The van der Waals surface area contributed by atoms with Crippen molar-refractivity contribution in [2.45, 2.75) is 12.5 Å². The van der Waals surface area contributed by atoms with E-state index < -0.39 is 4.92 Å². The molecule has 0 N–H and O–H groups in total. The number of benzene rings is 2. The van der Waals surface area contributed by atoms with Crippen LogP contribution in [0.3, 0.4) is 0 Å². The van der Waals surface area contributed by atoms with E-state index in [-0.39, 0.29) is 23.9 Å². The van der Waals surface area contributed by atoms with E-state index >= 15 is 0 Å². The van der Waals surface area contributed by atoms with Gasteiger partial charge >= 0.3 is 0 Å². The Balaban J connectivity index is 1.85. The molecule has 2 aromatic carbocycles. The minimum absolute atomic E-state index is 0.0394. The molecule has 0 spiro atoms. The number of rotatable bonds is 6. The number of carbonyl (C=O) groups excluding carboxylic acids is 1. The van der Waals surface area contributed by atoms with Crippen LogP contribution in [-0.4, -0.2) is 25.5 Å². The molecule has 0 bridgehead atoms. The maximum Gasteiger partial charge on any atom is 0.269 e. The summed E-state index contributed by atoms with van der Waals surface area (Å²) >= 11 is 0. The maximum absolute atomic E-state index is 12.6. The third-order valence-electron chi connectivity index (χ3n) is 3.72. The van der Waals surface area contributed by atoms with E-state index in [0.717, 1.165) is 5.56 Å². The average molecular weight is 322 g/mol. The Labute approximate surface area is 137 Å². The lowest BCUT2D eigenvalue weighted by Crippen LogP contribution is -2.16. The molecule has 3 aromatic rings. The minimum atomic E-state index is -0.490. The van der Waals surface area contributed by atoms with E-state index in [2.05, 4.69) is 10.1 Å². The van der Waals surface area contributed by atoms with Crippen LogP contribution in [-0.2, 0) is 0 Å². The third-order valence-corrected chi connectivity index (χ3v) is 3.72. The highest BCUT2D eigenvalue weighted by Crippen LogP contribution is 2.23. The number of nitrogens with zero attached hydrogens (tertiary/aromatic N) is 4. The summed E-state index contributed by atoms with van der Waals surface area (Å²) in [7, 11) is 0. The van der Waals surface area contributed by atoms with Crippen LogP contribution in [0.4, 0.5) is 5.69 Å². The topological polar surface area (TPSA) is 90.9 Å². The van der Waals surface area contributed by atoms with Gasteiger partial charge in [0.2, 0.25) is 0 Å². The number of Topliss-reactive ketones (excluding diaryl/α,β-unsaturated/α-hetero) is 1. The van der Waals surface area contributed by atoms with Crippen molar-refractivity contribution in [3.8, 4) is 0 Å². The standard InChI is InChI=1S/C17H14N4O3/c22-17(14-6-8-15(9-7-14)21(23)24)10-16(20-12-18-11-19-20)13-4-2-1-3-5-13/h1-9,11-12,16H,10H2. The van der Waals surface area contributed by atoms with Gasteiger partial charge < -0.3 is 0 Å². The van der Waals surface area contributed by atoms with Crippen LogP contribution < -0.4 is 0 Å². The summed E-state index contributed by atoms with van der Waals surface area (Å²) in [5.41, 5.74) is 1.34. The van der Waals surface area contributed by atoms with Gasteiger partial charge in [-0.2, -0.15) is 5.10 Å². The molecule has 1 aromatic heterocycles. The Morgan fingerprint density at radius 1 is 1.12 bits per heavy atom. The lowest BCUT2D eigenvalue weighted by atomic mass is 9.98. The second kappa shape index (κ2) is 6.82. The van der Waals surface area contributed by atoms with Crippen molar-refractivity contribution in [3.05, 3.63) is 88.5 Å². The predicted molar refractivity (Wildman–Crippen MR) is 86.6 cm³/mol. The first-order valence-electron chi connectivity index (χ1n) is 7.32. The van der Waals surface area contributed by atoms with Gasteiger partial charge in [-0.3, -0.25) is 14.9 Å². The number of hydrogen-bond donors (Lipinski definition) is 0. The Hall–Kier alpha value is -3.35. The molecule has 0 radical (unpaired) electrons. The third kappa shape index (κ3) is 3.35. The van der Waals surface area contributed by atoms with Gasteiger partial charge in [-0.25, -0.2) is 9.67 Å². The molecule has 1 heterocycles. The van der Waals surface area contributed by atoms with E-state index in [9.17, 15) is 14.9 Å². The Bertz CT molecular complexity index is 830. The van der Waals surface area contributed by atoms with E-state index in [0.29, 0.717) is 5.56 Å². The summed E-state index contributed by atoms with van der Waals surface area (Å²) in [6.45, 7) is 0. The molecule has 7 nitrogen and oxygen atoms in total. The second-order valence-corrected chi connectivity index (χ2v) is 5.23. The summed E-state index contributed by atoms with van der Waals surface area (Å²) in [5.74, 6) is -0.116. The molecule has 1 atom stereocenters. The average Bonchev–Trinajstić information content (AvgIpc) is 3.14. The fourth-order valence-electron chi connectivity index (χ4n) is 2.48.